The van der Waals surface area contributed by atoms with Gasteiger partial charge >= 0.3 is 6.03 Å². The number of urea groups is 1. The SMILES string of the molecule is COc1ccccc1NC(=O)NC[C@H]1CC(=O)N(c2ccc3c(c2)OCO3)C1. The molecule has 3 amide bonds. The lowest BCUT2D eigenvalue weighted by Crippen LogP contribution is -2.34. The Balaban J connectivity index is 1.33. The van der Waals surface area contributed by atoms with Crippen molar-refractivity contribution in [2.45, 2.75) is 6.42 Å². The maximum atomic E-state index is 12.4. The van der Waals surface area contributed by atoms with E-state index in [0.717, 1.165) is 5.69 Å². The van der Waals surface area contributed by atoms with Crippen molar-refractivity contribution < 1.29 is 23.8 Å². The number of carbonyl (C=O) groups is 2. The normalized spacial score (nSPS) is 17.5. The van der Waals surface area contributed by atoms with Gasteiger partial charge in [-0.2, -0.15) is 0 Å². The van der Waals surface area contributed by atoms with Crippen molar-refractivity contribution in [1.82, 2.24) is 5.32 Å². The van der Waals surface area contributed by atoms with Gasteiger partial charge in [-0.05, 0) is 24.3 Å². The predicted molar refractivity (Wildman–Crippen MR) is 103 cm³/mol. The van der Waals surface area contributed by atoms with Crippen molar-refractivity contribution in [3.8, 4) is 17.2 Å². The smallest absolute Gasteiger partial charge is 0.319 e. The van der Waals surface area contributed by atoms with Crippen LogP contribution in [-0.2, 0) is 4.79 Å². The molecule has 2 heterocycles. The fourth-order valence-corrected chi connectivity index (χ4v) is 3.37. The van der Waals surface area contributed by atoms with E-state index in [9.17, 15) is 9.59 Å². The first-order valence-electron chi connectivity index (χ1n) is 9.02. The van der Waals surface area contributed by atoms with Gasteiger partial charge in [0.2, 0.25) is 12.7 Å². The van der Waals surface area contributed by atoms with Gasteiger partial charge < -0.3 is 29.7 Å². The lowest BCUT2D eigenvalue weighted by atomic mass is 10.1. The molecule has 0 radical (unpaired) electrons. The van der Waals surface area contributed by atoms with E-state index in [4.69, 9.17) is 14.2 Å². The minimum atomic E-state index is -0.335. The molecule has 0 unspecified atom stereocenters. The highest BCUT2D eigenvalue weighted by Gasteiger charge is 2.31. The van der Waals surface area contributed by atoms with E-state index < -0.39 is 0 Å². The molecule has 0 bridgehead atoms. The van der Waals surface area contributed by atoms with Crippen molar-refractivity contribution in [1.29, 1.82) is 0 Å². The Kier molecular flexibility index (Phi) is 4.92. The van der Waals surface area contributed by atoms with Crippen LogP contribution in [0.5, 0.6) is 17.2 Å². The number of fused-ring (bicyclic) bond motifs is 1. The quantitative estimate of drug-likeness (QED) is 0.829. The van der Waals surface area contributed by atoms with Crippen LogP contribution in [0.1, 0.15) is 6.42 Å². The Hall–Kier alpha value is -3.42. The number of nitrogens with zero attached hydrogens (tertiary/aromatic N) is 1. The second kappa shape index (κ2) is 7.67. The van der Waals surface area contributed by atoms with Crippen LogP contribution in [0.3, 0.4) is 0 Å². The molecule has 8 nitrogen and oxygen atoms in total. The Labute approximate surface area is 162 Å². The molecule has 8 heteroatoms. The topological polar surface area (TPSA) is 89.1 Å². The first-order valence-corrected chi connectivity index (χ1v) is 9.02. The number of hydrogen-bond acceptors (Lipinski definition) is 5. The van der Waals surface area contributed by atoms with Gasteiger partial charge in [-0.15, -0.1) is 0 Å². The summed E-state index contributed by atoms with van der Waals surface area (Å²) in [6.45, 7) is 1.13. The van der Waals surface area contributed by atoms with Crippen molar-refractivity contribution in [3.63, 3.8) is 0 Å². The highest BCUT2D eigenvalue weighted by Crippen LogP contribution is 2.37. The lowest BCUT2D eigenvalue weighted by Gasteiger charge is -2.17. The van der Waals surface area contributed by atoms with E-state index in [2.05, 4.69) is 10.6 Å². The molecule has 2 aromatic carbocycles. The lowest BCUT2D eigenvalue weighted by molar-refractivity contribution is -0.117. The molecule has 0 aromatic heterocycles. The number of rotatable bonds is 5. The molecule has 2 aliphatic rings. The van der Waals surface area contributed by atoms with Crippen LogP contribution in [-0.4, -0.2) is 38.9 Å². The van der Waals surface area contributed by atoms with Crippen molar-refractivity contribution >= 4 is 23.3 Å². The van der Waals surface area contributed by atoms with Gasteiger partial charge in [0.15, 0.2) is 11.5 Å². The molecular weight excluding hydrogens is 362 g/mol. The Morgan fingerprint density at radius 1 is 1.21 bits per heavy atom. The van der Waals surface area contributed by atoms with E-state index in [0.29, 0.717) is 42.4 Å². The number of amides is 3. The second-order valence-electron chi connectivity index (χ2n) is 6.65. The molecule has 0 spiro atoms. The number of carbonyl (C=O) groups excluding carboxylic acids is 2. The van der Waals surface area contributed by atoms with E-state index in [1.807, 2.05) is 24.3 Å². The molecule has 1 saturated heterocycles. The van der Waals surface area contributed by atoms with Crippen molar-refractivity contribution in [2.75, 3.05) is 37.2 Å². The van der Waals surface area contributed by atoms with Crippen molar-refractivity contribution in [3.05, 3.63) is 42.5 Å². The van der Waals surface area contributed by atoms with Gasteiger partial charge in [0.1, 0.15) is 5.75 Å². The van der Waals surface area contributed by atoms with E-state index >= 15 is 0 Å². The molecule has 146 valence electrons. The molecule has 4 rings (SSSR count). The number of anilines is 2. The van der Waals surface area contributed by atoms with E-state index in [1.54, 1.807) is 30.2 Å². The molecule has 0 aliphatic carbocycles. The molecule has 1 atom stereocenters. The van der Waals surface area contributed by atoms with Crippen molar-refractivity contribution in [2.24, 2.45) is 5.92 Å². The van der Waals surface area contributed by atoms with Gasteiger partial charge in [0, 0.05) is 37.2 Å². The third-order valence-corrected chi connectivity index (χ3v) is 4.78. The Morgan fingerprint density at radius 2 is 2.04 bits per heavy atom. The fraction of sp³-hybridized carbons (Fsp3) is 0.300. The zero-order valence-corrected chi connectivity index (χ0v) is 15.4. The molecule has 1 fully saturated rings. The third-order valence-electron chi connectivity index (χ3n) is 4.78. The molecule has 2 N–H and O–H groups in total. The summed E-state index contributed by atoms with van der Waals surface area (Å²) in [5.41, 5.74) is 1.36. The van der Waals surface area contributed by atoms with Gasteiger partial charge in [-0.3, -0.25) is 4.79 Å². The van der Waals surface area contributed by atoms with E-state index in [-0.39, 0.29) is 24.6 Å². The maximum absolute atomic E-state index is 12.4. The van der Waals surface area contributed by atoms with E-state index in [1.165, 1.54) is 0 Å². The average molecular weight is 383 g/mol. The molecule has 0 saturated carbocycles. The predicted octanol–water partition coefficient (Wildman–Crippen LogP) is 2.60. The summed E-state index contributed by atoms with van der Waals surface area (Å²) in [6, 6.07) is 12.3. The standard InChI is InChI=1S/C20H21N3O5/c1-26-16-5-3-2-4-15(16)22-20(25)21-10-13-8-19(24)23(11-13)14-6-7-17-18(9-14)28-12-27-17/h2-7,9,13H,8,10-12H2,1H3,(H2,21,22,25)/t13-/m1/s1. The highest BCUT2D eigenvalue weighted by atomic mass is 16.7. The minimum absolute atomic E-state index is 0.0239. The zero-order chi connectivity index (χ0) is 19.5. The number of nitrogens with one attached hydrogen (secondary N) is 2. The Bertz CT molecular complexity index is 901. The number of hydrogen-bond donors (Lipinski definition) is 2. The minimum Gasteiger partial charge on any atom is -0.495 e. The molecular formula is C20H21N3O5. The Morgan fingerprint density at radius 3 is 2.89 bits per heavy atom. The molecule has 2 aliphatic heterocycles. The summed E-state index contributed by atoms with van der Waals surface area (Å²) < 4.78 is 15.9. The summed E-state index contributed by atoms with van der Waals surface area (Å²) in [5, 5.41) is 5.59. The molecule has 2 aromatic rings. The van der Waals surface area contributed by atoms with Gasteiger partial charge in [-0.1, -0.05) is 12.1 Å². The largest absolute Gasteiger partial charge is 0.495 e. The number of benzene rings is 2. The first kappa shape index (κ1) is 18.0. The van der Waals surface area contributed by atoms with Crippen LogP contribution in [0.2, 0.25) is 0 Å². The first-order chi connectivity index (χ1) is 13.6. The second-order valence-corrected chi connectivity index (χ2v) is 6.65. The van der Waals surface area contributed by atoms with Gasteiger partial charge in [-0.25, -0.2) is 4.79 Å². The van der Waals surface area contributed by atoms with Crippen LogP contribution >= 0.6 is 0 Å². The number of para-hydroxylation sites is 2. The van der Waals surface area contributed by atoms with Crippen LogP contribution in [0.15, 0.2) is 42.5 Å². The van der Waals surface area contributed by atoms with Gasteiger partial charge in [0.05, 0.1) is 12.8 Å². The highest BCUT2D eigenvalue weighted by molar-refractivity contribution is 5.96. The summed E-state index contributed by atoms with van der Waals surface area (Å²) in [6.07, 6.45) is 0.378. The maximum Gasteiger partial charge on any atom is 0.319 e. The van der Waals surface area contributed by atoms with Crippen LogP contribution in [0.25, 0.3) is 0 Å². The van der Waals surface area contributed by atoms with Crippen LogP contribution in [0.4, 0.5) is 16.2 Å². The number of methoxy groups -OCH3 is 1. The fourth-order valence-electron chi connectivity index (χ4n) is 3.37. The third kappa shape index (κ3) is 3.66. The number of ether oxygens (including phenoxy) is 3. The summed E-state index contributed by atoms with van der Waals surface area (Å²) >= 11 is 0. The average Bonchev–Trinajstić information content (AvgIpc) is 3.32. The summed E-state index contributed by atoms with van der Waals surface area (Å²) in [7, 11) is 1.55. The summed E-state index contributed by atoms with van der Waals surface area (Å²) in [5.74, 6) is 1.96. The zero-order valence-electron chi connectivity index (χ0n) is 15.4. The molecule has 28 heavy (non-hydrogen) atoms. The summed E-state index contributed by atoms with van der Waals surface area (Å²) in [4.78, 5) is 26.3. The van der Waals surface area contributed by atoms with Crippen LogP contribution in [0, 0.1) is 5.92 Å². The van der Waals surface area contributed by atoms with Crippen LogP contribution < -0.4 is 29.7 Å². The van der Waals surface area contributed by atoms with Gasteiger partial charge in [0.25, 0.3) is 0 Å². The monoisotopic (exact) mass is 383 g/mol.